The van der Waals surface area contributed by atoms with E-state index in [9.17, 15) is 0 Å². The topological polar surface area (TPSA) is 53.6 Å². The van der Waals surface area contributed by atoms with Gasteiger partial charge in [0, 0.05) is 12.6 Å². The van der Waals surface area contributed by atoms with Gasteiger partial charge in [0.05, 0.1) is 6.54 Å². The average Bonchev–Trinajstić information content (AvgIpc) is 2.39. The van der Waals surface area contributed by atoms with E-state index in [2.05, 4.69) is 36.0 Å². The molecule has 1 aliphatic heterocycles. The maximum Gasteiger partial charge on any atom is 0.188 e. The summed E-state index contributed by atoms with van der Waals surface area (Å²) in [7, 11) is 0. The van der Waals surface area contributed by atoms with Gasteiger partial charge in [0.1, 0.15) is 0 Å². The molecule has 0 aromatic rings. The highest BCUT2D eigenvalue weighted by atomic mass is 127. The first-order valence-electron chi connectivity index (χ1n) is 8.84. The number of nitrogens with one attached hydrogen (secondary N) is 1. The summed E-state index contributed by atoms with van der Waals surface area (Å²) in [6.45, 7) is 11.2. The Morgan fingerprint density at radius 1 is 1.23 bits per heavy atom. The normalized spacial score (nSPS) is 23.0. The Morgan fingerprint density at radius 2 is 1.86 bits per heavy atom. The largest absolute Gasteiger partial charge is 0.370 e. The Balaban J connectivity index is 0.00000242. The van der Waals surface area contributed by atoms with E-state index in [0.29, 0.717) is 17.9 Å². The Kier molecular flexibility index (Phi) is 9.05. The van der Waals surface area contributed by atoms with Crippen molar-refractivity contribution >= 4 is 29.9 Å². The second-order valence-electron chi connectivity index (χ2n) is 7.43. The number of aliphatic imine (C=N–C) groups is 1. The molecule has 0 radical (unpaired) electrons. The molecule has 0 aromatic heterocycles. The Labute approximate surface area is 153 Å². The molecule has 0 bridgehead atoms. The first kappa shape index (κ1) is 20.0. The van der Waals surface area contributed by atoms with Crippen LogP contribution in [0.1, 0.15) is 52.9 Å². The third-order valence-corrected chi connectivity index (χ3v) is 5.30. The third-order valence-electron chi connectivity index (χ3n) is 5.30. The monoisotopic (exact) mass is 422 g/mol. The number of piperidine rings is 1. The predicted molar refractivity (Wildman–Crippen MR) is 106 cm³/mol. The van der Waals surface area contributed by atoms with Crippen LogP contribution in [0.5, 0.6) is 0 Å². The fourth-order valence-electron chi connectivity index (χ4n) is 3.30. The zero-order valence-corrected chi connectivity index (χ0v) is 16.9. The molecule has 0 aromatic carbocycles. The van der Waals surface area contributed by atoms with Gasteiger partial charge in [-0.2, -0.15) is 0 Å². The second kappa shape index (κ2) is 9.96. The van der Waals surface area contributed by atoms with E-state index in [4.69, 9.17) is 5.73 Å². The number of rotatable bonds is 6. The molecule has 22 heavy (non-hydrogen) atoms. The summed E-state index contributed by atoms with van der Waals surface area (Å²) in [4.78, 5) is 7.23. The minimum atomic E-state index is 0. The van der Waals surface area contributed by atoms with E-state index in [-0.39, 0.29) is 24.0 Å². The quantitative estimate of drug-likeness (QED) is 0.393. The fourth-order valence-corrected chi connectivity index (χ4v) is 3.30. The van der Waals surface area contributed by atoms with Crippen LogP contribution in [0.4, 0.5) is 0 Å². The molecule has 130 valence electrons. The smallest absolute Gasteiger partial charge is 0.188 e. The molecule has 2 rings (SSSR count). The maximum absolute atomic E-state index is 6.02. The van der Waals surface area contributed by atoms with E-state index in [1.165, 1.54) is 45.2 Å². The summed E-state index contributed by atoms with van der Waals surface area (Å²) in [5.41, 5.74) is 6.02. The molecule has 2 fully saturated rings. The van der Waals surface area contributed by atoms with Crippen molar-refractivity contribution < 1.29 is 0 Å². The highest BCUT2D eigenvalue weighted by molar-refractivity contribution is 14.0. The van der Waals surface area contributed by atoms with E-state index in [1.807, 2.05) is 0 Å². The molecular formula is C17H35IN4. The van der Waals surface area contributed by atoms with Gasteiger partial charge >= 0.3 is 0 Å². The molecule has 0 amide bonds. The van der Waals surface area contributed by atoms with Gasteiger partial charge < -0.3 is 11.1 Å². The standard InChI is InChI=1S/C17H34N4.HI/c1-13(2)16(21-9-7-14(3)8-10-21)12-20-17(18)19-11-15-5-4-6-15;/h13-16H,4-12H2,1-3H3,(H3,18,19,20);1H. The van der Waals surface area contributed by atoms with Crippen molar-refractivity contribution in [3.05, 3.63) is 0 Å². The number of halogens is 1. The zero-order valence-electron chi connectivity index (χ0n) is 14.6. The molecule has 1 atom stereocenters. The van der Waals surface area contributed by atoms with Gasteiger partial charge in [-0.1, -0.05) is 27.2 Å². The average molecular weight is 422 g/mol. The van der Waals surface area contributed by atoms with Crippen molar-refractivity contribution in [1.29, 1.82) is 0 Å². The van der Waals surface area contributed by atoms with Gasteiger partial charge in [-0.3, -0.25) is 9.89 Å². The molecule has 4 nitrogen and oxygen atoms in total. The highest BCUT2D eigenvalue weighted by Gasteiger charge is 2.25. The highest BCUT2D eigenvalue weighted by Crippen LogP contribution is 2.25. The Hall–Kier alpha value is -0.0400. The van der Waals surface area contributed by atoms with Crippen LogP contribution < -0.4 is 11.1 Å². The van der Waals surface area contributed by atoms with Gasteiger partial charge in [-0.05, 0) is 56.5 Å². The summed E-state index contributed by atoms with van der Waals surface area (Å²) in [6, 6.07) is 0.529. The van der Waals surface area contributed by atoms with Gasteiger partial charge in [0.15, 0.2) is 5.96 Å². The van der Waals surface area contributed by atoms with Crippen LogP contribution in [0.25, 0.3) is 0 Å². The molecule has 3 N–H and O–H groups in total. The summed E-state index contributed by atoms with van der Waals surface area (Å²) < 4.78 is 0. The van der Waals surface area contributed by atoms with Crippen molar-refractivity contribution in [2.45, 2.75) is 58.9 Å². The van der Waals surface area contributed by atoms with E-state index in [1.54, 1.807) is 0 Å². The van der Waals surface area contributed by atoms with E-state index < -0.39 is 0 Å². The maximum atomic E-state index is 6.02. The number of likely N-dealkylation sites (tertiary alicyclic amines) is 1. The Bertz CT molecular complexity index is 334. The van der Waals surface area contributed by atoms with Gasteiger partial charge in [-0.15, -0.1) is 24.0 Å². The predicted octanol–water partition coefficient (Wildman–Crippen LogP) is 3.07. The summed E-state index contributed by atoms with van der Waals surface area (Å²) in [5, 5.41) is 3.30. The lowest BCUT2D eigenvalue weighted by atomic mass is 9.85. The molecule has 0 spiro atoms. The van der Waals surface area contributed by atoms with Crippen molar-refractivity contribution in [2.24, 2.45) is 28.5 Å². The third kappa shape index (κ3) is 6.22. The summed E-state index contributed by atoms with van der Waals surface area (Å²) in [6.07, 6.45) is 6.72. The number of hydrogen-bond donors (Lipinski definition) is 2. The minimum absolute atomic E-state index is 0. The molecule has 1 heterocycles. The van der Waals surface area contributed by atoms with Gasteiger partial charge in [0.2, 0.25) is 0 Å². The lowest BCUT2D eigenvalue weighted by Crippen LogP contribution is -2.46. The molecule has 2 aliphatic rings. The molecule has 1 saturated carbocycles. The molecular weight excluding hydrogens is 387 g/mol. The van der Waals surface area contributed by atoms with Crippen LogP contribution in [-0.4, -0.2) is 43.1 Å². The van der Waals surface area contributed by atoms with Crippen molar-refractivity contribution in [2.75, 3.05) is 26.2 Å². The summed E-state index contributed by atoms with van der Waals surface area (Å²) in [5.74, 6) is 2.97. The molecule has 5 heteroatoms. The van der Waals surface area contributed by atoms with Crippen LogP contribution in [0.3, 0.4) is 0 Å². The molecule has 1 saturated heterocycles. The van der Waals surface area contributed by atoms with Gasteiger partial charge in [-0.25, -0.2) is 0 Å². The van der Waals surface area contributed by atoms with Crippen LogP contribution in [0.2, 0.25) is 0 Å². The van der Waals surface area contributed by atoms with Crippen LogP contribution in [-0.2, 0) is 0 Å². The van der Waals surface area contributed by atoms with Crippen molar-refractivity contribution in [3.63, 3.8) is 0 Å². The molecule has 1 unspecified atom stereocenters. The zero-order chi connectivity index (χ0) is 15.2. The number of guanidine groups is 1. The molecule has 1 aliphatic carbocycles. The van der Waals surface area contributed by atoms with Gasteiger partial charge in [0.25, 0.3) is 0 Å². The second-order valence-corrected chi connectivity index (χ2v) is 7.43. The lowest BCUT2D eigenvalue weighted by Gasteiger charge is -2.38. The SMILES string of the molecule is CC1CCN(C(CN=C(N)NCC2CCC2)C(C)C)CC1.I. The fraction of sp³-hybridized carbons (Fsp3) is 0.941. The van der Waals surface area contributed by atoms with E-state index in [0.717, 1.165) is 24.9 Å². The number of hydrogen-bond acceptors (Lipinski definition) is 2. The van der Waals surface area contributed by atoms with Crippen LogP contribution in [0.15, 0.2) is 4.99 Å². The minimum Gasteiger partial charge on any atom is -0.370 e. The summed E-state index contributed by atoms with van der Waals surface area (Å²) >= 11 is 0. The van der Waals surface area contributed by atoms with Crippen LogP contribution in [0, 0.1) is 17.8 Å². The first-order chi connectivity index (χ1) is 10.1. The van der Waals surface area contributed by atoms with Crippen molar-refractivity contribution in [1.82, 2.24) is 10.2 Å². The van der Waals surface area contributed by atoms with Crippen LogP contribution >= 0.6 is 24.0 Å². The van der Waals surface area contributed by atoms with E-state index >= 15 is 0 Å². The lowest BCUT2D eigenvalue weighted by molar-refractivity contribution is 0.113. The first-order valence-corrected chi connectivity index (χ1v) is 8.84. The Morgan fingerprint density at radius 3 is 2.36 bits per heavy atom. The number of nitrogens with zero attached hydrogens (tertiary/aromatic N) is 2. The number of nitrogens with two attached hydrogens (primary N) is 1. The van der Waals surface area contributed by atoms with Crippen molar-refractivity contribution in [3.8, 4) is 0 Å².